The van der Waals surface area contributed by atoms with Gasteiger partial charge in [-0.3, -0.25) is 4.79 Å². The summed E-state index contributed by atoms with van der Waals surface area (Å²) in [6.07, 6.45) is 0.183. The van der Waals surface area contributed by atoms with Gasteiger partial charge in [-0.15, -0.1) is 11.3 Å². The Morgan fingerprint density at radius 3 is 2.80 bits per heavy atom. The van der Waals surface area contributed by atoms with Crippen molar-refractivity contribution in [2.24, 2.45) is 0 Å². The van der Waals surface area contributed by atoms with E-state index in [0.717, 1.165) is 10.8 Å². The molecule has 0 radical (unpaired) electrons. The van der Waals surface area contributed by atoms with E-state index >= 15 is 0 Å². The fourth-order valence-corrected chi connectivity index (χ4v) is 2.95. The van der Waals surface area contributed by atoms with E-state index in [-0.39, 0.29) is 18.9 Å². The van der Waals surface area contributed by atoms with Gasteiger partial charge in [-0.1, -0.05) is 0 Å². The largest absolute Gasteiger partial charge is 0.479 e. The van der Waals surface area contributed by atoms with Crippen LogP contribution in [0.15, 0.2) is 46.2 Å². The Kier molecular flexibility index (Phi) is 5.11. The van der Waals surface area contributed by atoms with Crippen LogP contribution in [0.3, 0.4) is 0 Å². The second-order valence-electron chi connectivity index (χ2n) is 5.25. The summed E-state index contributed by atoms with van der Waals surface area (Å²) in [4.78, 5) is 16.6. The Morgan fingerprint density at radius 2 is 2.12 bits per heavy atom. The minimum absolute atomic E-state index is 0.00689. The molecule has 0 atom stereocenters. The number of anilines is 1. The van der Waals surface area contributed by atoms with E-state index in [1.165, 1.54) is 11.3 Å². The van der Waals surface area contributed by atoms with Crippen molar-refractivity contribution >= 4 is 22.9 Å². The highest BCUT2D eigenvalue weighted by Gasteiger charge is 2.11. The lowest BCUT2D eigenvalue weighted by Gasteiger charge is -2.06. The molecule has 0 saturated carbocycles. The number of nitriles is 1. The van der Waals surface area contributed by atoms with Crippen LogP contribution >= 0.6 is 11.3 Å². The predicted molar refractivity (Wildman–Crippen MR) is 94.4 cm³/mol. The molecule has 2 aromatic heterocycles. The summed E-state index contributed by atoms with van der Waals surface area (Å²) >= 11 is 1.45. The Morgan fingerprint density at radius 1 is 1.32 bits per heavy atom. The number of amides is 1. The topological polar surface area (TPSA) is 88.1 Å². The lowest BCUT2D eigenvalue weighted by molar-refractivity contribution is -0.115. The molecule has 0 spiro atoms. The van der Waals surface area contributed by atoms with E-state index in [4.69, 9.17) is 14.4 Å². The number of nitrogens with zero attached hydrogens (tertiary/aromatic N) is 2. The lowest BCUT2D eigenvalue weighted by Crippen LogP contribution is -2.14. The van der Waals surface area contributed by atoms with Gasteiger partial charge in [0, 0.05) is 11.1 Å². The second-order valence-corrected chi connectivity index (χ2v) is 6.11. The molecule has 1 N–H and O–H groups in total. The zero-order valence-corrected chi connectivity index (χ0v) is 14.3. The number of hydrogen-bond donors (Lipinski definition) is 1. The average molecular weight is 353 g/mol. The van der Waals surface area contributed by atoms with Gasteiger partial charge >= 0.3 is 0 Å². The molecule has 3 aromatic rings. The third kappa shape index (κ3) is 4.46. The van der Waals surface area contributed by atoms with Crippen LogP contribution in [0.1, 0.15) is 11.5 Å². The number of benzene rings is 1. The molecule has 0 saturated heterocycles. The van der Waals surface area contributed by atoms with Crippen LogP contribution in [-0.2, 0) is 11.2 Å². The number of rotatable bonds is 6. The van der Waals surface area contributed by atoms with Crippen molar-refractivity contribution in [3.8, 4) is 22.6 Å². The summed E-state index contributed by atoms with van der Waals surface area (Å²) in [5, 5.41) is 13.9. The van der Waals surface area contributed by atoms with Gasteiger partial charge in [-0.25, -0.2) is 4.98 Å². The summed E-state index contributed by atoms with van der Waals surface area (Å²) in [5.41, 5.74) is 1.35. The van der Waals surface area contributed by atoms with Crippen molar-refractivity contribution in [1.29, 1.82) is 5.26 Å². The minimum Gasteiger partial charge on any atom is -0.479 e. The highest BCUT2D eigenvalue weighted by atomic mass is 32.1. The third-order valence-electron chi connectivity index (χ3n) is 3.29. The van der Waals surface area contributed by atoms with Crippen LogP contribution in [0.5, 0.6) is 5.75 Å². The van der Waals surface area contributed by atoms with Crippen LogP contribution in [0, 0.1) is 18.3 Å². The number of nitrogens with one attached hydrogen (secondary N) is 1. The van der Waals surface area contributed by atoms with Gasteiger partial charge in [0.15, 0.2) is 17.4 Å². The Balaban J connectivity index is 1.57. The van der Waals surface area contributed by atoms with Gasteiger partial charge in [0.05, 0.1) is 12.1 Å². The molecule has 0 unspecified atom stereocenters. The zero-order valence-electron chi connectivity index (χ0n) is 13.5. The molecular weight excluding hydrogens is 338 g/mol. The van der Waals surface area contributed by atoms with Crippen LogP contribution in [0.25, 0.3) is 10.8 Å². The van der Waals surface area contributed by atoms with Crippen LogP contribution in [0.2, 0.25) is 0 Å². The van der Waals surface area contributed by atoms with E-state index in [2.05, 4.69) is 10.3 Å². The second kappa shape index (κ2) is 7.64. The first-order valence-electron chi connectivity index (χ1n) is 7.55. The van der Waals surface area contributed by atoms with Crippen LogP contribution in [-0.4, -0.2) is 17.5 Å². The molecule has 0 fully saturated rings. The molecule has 6 nitrogen and oxygen atoms in total. The molecule has 0 bridgehead atoms. The van der Waals surface area contributed by atoms with E-state index in [1.807, 2.05) is 30.5 Å². The quantitative estimate of drug-likeness (QED) is 0.728. The average Bonchev–Trinajstić information content (AvgIpc) is 3.23. The van der Waals surface area contributed by atoms with Gasteiger partial charge in [0.1, 0.15) is 17.6 Å². The van der Waals surface area contributed by atoms with E-state index in [9.17, 15) is 4.79 Å². The van der Waals surface area contributed by atoms with Gasteiger partial charge in [0.2, 0.25) is 5.91 Å². The Hall–Kier alpha value is -3.11. The van der Waals surface area contributed by atoms with Crippen molar-refractivity contribution in [2.75, 3.05) is 11.9 Å². The number of aromatic nitrogens is 1. The Bertz CT molecular complexity index is 906. The van der Waals surface area contributed by atoms with Crippen LogP contribution in [0.4, 0.5) is 5.69 Å². The molecule has 1 amide bonds. The lowest BCUT2D eigenvalue weighted by atomic mass is 10.2. The molecule has 0 aliphatic carbocycles. The number of carbonyl (C=O) groups excluding carboxylic acids is 1. The van der Waals surface area contributed by atoms with Crippen molar-refractivity contribution in [1.82, 2.24) is 4.98 Å². The monoisotopic (exact) mass is 353 g/mol. The van der Waals surface area contributed by atoms with Gasteiger partial charge in [-0.05, 0) is 43.3 Å². The fraction of sp³-hybridized carbons (Fsp3) is 0.167. The number of aryl methyl sites for hydroxylation is 1. The summed E-state index contributed by atoms with van der Waals surface area (Å²) in [5.74, 6) is 1.96. The normalized spacial score (nSPS) is 10.2. The number of ether oxygens (including phenoxy) is 1. The third-order valence-corrected chi connectivity index (χ3v) is 4.19. The van der Waals surface area contributed by atoms with Gasteiger partial charge in [0.25, 0.3) is 0 Å². The summed E-state index contributed by atoms with van der Waals surface area (Å²) in [7, 11) is 0. The van der Waals surface area contributed by atoms with Crippen LogP contribution < -0.4 is 10.1 Å². The molecule has 2 heterocycles. The first-order valence-corrected chi connectivity index (χ1v) is 8.43. The van der Waals surface area contributed by atoms with E-state index in [1.54, 1.807) is 24.3 Å². The molecule has 126 valence electrons. The molecule has 0 aliphatic heterocycles. The smallest absolute Gasteiger partial charge is 0.230 e. The highest BCUT2D eigenvalue weighted by Crippen LogP contribution is 2.25. The number of hydrogen-bond acceptors (Lipinski definition) is 6. The first kappa shape index (κ1) is 16.7. The van der Waals surface area contributed by atoms with E-state index < -0.39 is 0 Å². The molecule has 25 heavy (non-hydrogen) atoms. The predicted octanol–water partition coefficient (Wildman–Crippen LogP) is 3.80. The summed E-state index contributed by atoms with van der Waals surface area (Å²) in [6.45, 7) is 1.87. The maximum absolute atomic E-state index is 12.1. The maximum atomic E-state index is 12.1. The van der Waals surface area contributed by atoms with Crippen molar-refractivity contribution in [3.05, 3.63) is 53.2 Å². The molecular formula is C18H15N3O3S. The number of carbonyl (C=O) groups is 1. The number of furan rings is 1. The highest BCUT2D eigenvalue weighted by molar-refractivity contribution is 7.13. The molecule has 3 rings (SSSR count). The zero-order chi connectivity index (χ0) is 17.6. The fourth-order valence-electron chi connectivity index (χ4n) is 2.17. The van der Waals surface area contributed by atoms with Crippen molar-refractivity contribution in [2.45, 2.75) is 13.3 Å². The SMILES string of the molecule is Cc1ccc(-c2nc(CC(=O)Nc3ccc(OCC#N)cc3)cs2)o1. The van der Waals surface area contributed by atoms with Gasteiger partial charge < -0.3 is 14.5 Å². The summed E-state index contributed by atoms with van der Waals surface area (Å²) in [6, 6.07) is 12.5. The van der Waals surface area contributed by atoms with Crippen molar-refractivity contribution < 1.29 is 13.9 Å². The van der Waals surface area contributed by atoms with E-state index in [0.29, 0.717) is 22.9 Å². The Labute approximate surface area is 148 Å². The minimum atomic E-state index is -0.154. The van der Waals surface area contributed by atoms with Crippen molar-refractivity contribution in [3.63, 3.8) is 0 Å². The first-order chi connectivity index (χ1) is 12.1. The molecule has 7 heteroatoms. The molecule has 0 aliphatic rings. The maximum Gasteiger partial charge on any atom is 0.230 e. The summed E-state index contributed by atoms with van der Waals surface area (Å²) < 4.78 is 10.7. The molecule has 1 aromatic carbocycles. The number of thiazole rings is 1. The van der Waals surface area contributed by atoms with Gasteiger partial charge in [-0.2, -0.15) is 5.26 Å². The standard InChI is InChI=1S/C18H15N3O3S/c1-12-2-7-16(24-12)18-21-14(11-25-18)10-17(22)20-13-3-5-15(6-4-13)23-9-8-19/h2-7,11H,9-10H2,1H3,(H,20,22).